The van der Waals surface area contributed by atoms with Crippen LogP contribution in [0.5, 0.6) is 5.75 Å². The summed E-state index contributed by atoms with van der Waals surface area (Å²) in [7, 11) is 0. The Kier molecular flexibility index (Phi) is 4.87. The quantitative estimate of drug-likeness (QED) is 0.734. The second kappa shape index (κ2) is 7.44. The zero-order valence-electron chi connectivity index (χ0n) is 14.5. The molecule has 0 amide bonds. The Balaban J connectivity index is 1.52. The van der Waals surface area contributed by atoms with Gasteiger partial charge in [0.05, 0.1) is 12.7 Å². The van der Waals surface area contributed by atoms with Crippen molar-refractivity contribution >= 4 is 10.8 Å². The summed E-state index contributed by atoms with van der Waals surface area (Å²) < 4.78 is 19.4. The van der Waals surface area contributed by atoms with E-state index in [1.54, 1.807) is 0 Å². The van der Waals surface area contributed by atoms with Gasteiger partial charge in [-0.25, -0.2) is 4.39 Å². The number of ether oxygens (including phenoxy) is 1. The van der Waals surface area contributed by atoms with Gasteiger partial charge >= 0.3 is 0 Å². The van der Waals surface area contributed by atoms with Crippen LogP contribution in [0, 0.1) is 5.82 Å². The molecule has 3 aromatic carbocycles. The molecule has 2 N–H and O–H groups in total. The van der Waals surface area contributed by atoms with Gasteiger partial charge in [0.1, 0.15) is 11.6 Å². The zero-order valence-corrected chi connectivity index (χ0v) is 14.5. The van der Waals surface area contributed by atoms with Crippen LogP contribution in [0.2, 0.25) is 0 Å². The first-order valence-electron chi connectivity index (χ1n) is 9.00. The molecule has 2 atom stereocenters. The highest BCUT2D eigenvalue weighted by atomic mass is 19.1. The largest absolute Gasteiger partial charge is 0.507 e. The molecule has 134 valence electrons. The molecular weight excluding hydrogens is 329 g/mol. The third-order valence-electron chi connectivity index (χ3n) is 5.16. The van der Waals surface area contributed by atoms with Crippen molar-refractivity contribution < 1.29 is 14.2 Å². The van der Waals surface area contributed by atoms with Gasteiger partial charge in [-0.2, -0.15) is 0 Å². The molecule has 4 heteroatoms. The number of hydrogen-bond donors (Lipinski definition) is 2. The summed E-state index contributed by atoms with van der Waals surface area (Å²) in [5.41, 5.74) is 1.88. The highest BCUT2D eigenvalue weighted by Crippen LogP contribution is 2.32. The molecule has 0 aliphatic carbocycles. The number of phenolic OH excluding ortho intramolecular Hbond substituents is 1. The molecular formula is C22H22FNO2. The summed E-state index contributed by atoms with van der Waals surface area (Å²) in [6.07, 6.45) is 0.931. The second-order valence-corrected chi connectivity index (χ2v) is 6.79. The van der Waals surface area contributed by atoms with E-state index in [9.17, 15) is 9.50 Å². The molecule has 3 nitrogen and oxygen atoms in total. The molecule has 0 radical (unpaired) electrons. The van der Waals surface area contributed by atoms with Crippen LogP contribution in [0.15, 0.2) is 60.7 Å². The Hall–Kier alpha value is -2.43. The maximum atomic E-state index is 13.2. The normalized spacial score (nSPS) is 20.3. The minimum atomic E-state index is -0.221. The molecule has 0 saturated carbocycles. The van der Waals surface area contributed by atoms with Crippen LogP contribution in [0.1, 0.15) is 23.5 Å². The van der Waals surface area contributed by atoms with E-state index in [4.69, 9.17) is 4.74 Å². The Morgan fingerprint density at radius 3 is 2.69 bits per heavy atom. The maximum absolute atomic E-state index is 13.2. The second-order valence-electron chi connectivity index (χ2n) is 6.79. The number of hydrogen-bond acceptors (Lipinski definition) is 3. The predicted molar refractivity (Wildman–Crippen MR) is 101 cm³/mol. The topological polar surface area (TPSA) is 41.5 Å². The molecule has 1 aliphatic heterocycles. The van der Waals surface area contributed by atoms with E-state index in [1.165, 1.54) is 12.1 Å². The molecule has 4 rings (SSSR count). The van der Waals surface area contributed by atoms with Crippen LogP contribution in [0.3, 0.4) is 0 Å². The van der Waals surface area contributed by atoms with Crippen molar-refractivity contribution in [3.63, 3.8) is 0 Å². The first-order valence-corrected chi connectivity index (χ1v) is 9.00. The molecule has 2 unspecified atom stereocenters. The van der Waals surface area contributed by atoms with Crippen LogP contribution in [0.25, 0.3) is 10.8 Å². The van der Waals surface area contributed by atoms with Crippen molar-refractivity contribution in [3.05, 3.63) is 77.6 Å². The first-order chi connectivity index (χ1) is 12.7. The molecule has 3 aromatic rings. The van der Waals surface area contributed by atoms with Gasteiger partial charge in [-0.15, -0.1) is 0 Å². The van der Waals surface area contributed by atoms with Gasteiger partial charge in [-0.3, -0.25) is 0 Å². The molecule has 0 spiro atoms. The summed E-state index contributed by atoms with van der Waals surface area (Å²) in [5.74, 6) is 0.283. The minimum Gasteiger partial charge on any atom is -0.507 e. The van der Waals surface area contributed by atoms with Gasteiger partial charge in [0.2, 0.25) is 0 Å². The van der Waals surface area contributed by atoms with Crippen molar-refractivity contribution in [2.75, 3.05) is 13.1 Å². The Morgan fingerprint density at radius 2 is 1.85 bits per heavy atom. The first kappa shape index (κ1) is 17.0. The molecule has 26 heavy (non-hydrogen) atoms. The number of piperidine rings is 1. The molecule has 1 aliphatic rings. The van der Waals surface area contributed by atoms with Crippen LogP contribution < -0.4 is 5.32 Å². The third kappa shape index (κ3) is 3.43. The van der Waals surface area contributed by atoms with Gasteiger partial charge in [0, 0.05) is 23.4 Å². The van der Waals surface area contributed by atoms with Crippen LogP contribution >= 0.6 is 0 Å². The SMILES string of the molecule is Oc1c(COC2CNCCC2c2ccc(F)cc2)ccc2ccccc12. The molecule has 1 fully saturated rings. The summed E-state index contributed by atoms with van der Waals surface area (Å²) >= 11 is 0. The number of phenols is 1. The number of nitrogens with one attached hydrogen (secondary N) is 1. The van der Waals surface area contributed by atoms with Crippen molar-refractivity contribution in [2.24, 2.45) is 0 Å². The van der Waals surface area contributed by atoms with Crippen molar-refractivity contribution in [1.29, 1.82) is 0 Å². The van der Waals surface area contributed by atoms with E-state index in [2.05, 4.69) is 5.32 Å². The minimum absolute atomic E-state index is 0.0138. The maximum Gasteiger partial charge on any atom is 0.128 e. The molecule has 0 aromatic heterocycles. The van der Waals surface area contributed by atoms with E-state index in [0.717, 1.165) is 41.4 Å². The molecule has 1 saturated heterocycles. The lowest BCUT2D eigenvalue weighted by Crippen LogP contribution is -2.40. The van der Waals surface area contributed by atoms with Crippen molar-refractivity contribution in [1.82, 2.24) is 5.32 Å². The predicted octanol–water partition coefficient (Wildman–Crippen LogP) is 4.35. The van der Waals surface area contributed by atoms with Gasteiger partial charge < -0.3 is 15.2 Å². The van der Waals surface area contributed by atoms with Crippen LogP contribution in [-0.2, 0) is 11.3 Å². The lowest BCUT2D eigenvalue weighted by Gasteiger charge is -2.32. The Bertz CT molecular complexity index is 894. The summed E-state index contributed by atoms with van der Waals surface area (Å²) in [4.78, 5) is 0. The lowest BCUT2D eigenvalue weighted by atomic mass is 9.87. The Labute approximate surface area is 152 Å². The average molecular weight is 351 g/mol. The fourth-order valence-corrected chi connectivity index (χ4v) is 3.71. The zero-order chi connectivity index (χ0) is 17.9. The van der Waals surface area contributed by atoms with Crippen LogP contribution in [-0.4, -0.2) is 24.3 Å². The highest BCUT2D eigenvalue weighted by molar-refractivity contribution is 5.89. The molecule has 1 heterocycles. The number of benzene rings is 3. The summed E-state index contributed by atoms with van der Waals surface area (Å²) in [6.45, 7) is 2.01. The summed E-state index contributed by atoms with van der Waals surface area (Å²) in [5, 5.41) is 15.8. The van der Waals surface area contributed by atoms with E-state index in [-0.39, 0.29) is 23.6 Å². The summed E-state index contributed by atoms with van der Waals surface area (Å²) in [6, 6.07) is 18.4. The van der Waals surface area contributed by atoms with Gasteiger partial charge in [0.15, 0.2) is 0 Å². The number of rotatable bonds is 4. The lowest BCUT2D eigenvalue weighted by molar-refractivity contribution is 0.00991. The average Bonchev–Trinajstić information content (AvgIpc) is 2.69. The molecule has 0 bridgehead atoms. The fourth-order valence-electron chi connectivity index (χ4n) is 3.71. The highest BCUT2D eigenvalue weighted by Gasteiger charge is 2.27. The number of aromatic hydroxyl groups is 1. The number of halogens is 1. The van der Waals surface area contributed by atoms with E-state index in [0.29, 0.717) is 6.61 Å². The van der Waals surface area contributed by atoms with E-state index >= 15 is 0 Å². The van der Waals surface area contributed by atoms with Crippen molar-refractivity contribution in [2.45, 2.75) is 25.0 Å². The standard InChI is InChI=1S/C22H22FNO2/c23-18-9-7-16(8-10-18)19-11-12-24-13-21(19)26-14-17-6-5-15-3-1-2-4-20(15)22(17)25/h1-10,19,21,24-25H,11-14H2. The van der Waals surface area contributed by atoms with Gasteiger partial charge in [-0.1, -0.05) is 48.5 Å². The smallest absolute Gasteiger partial charge is 0.128 e. The fraction of sp³-hybridized carbons (Fsp3) is 0.273. The van der Waals surface area contributed by atoms with Crippen molar-refractivity contribution in [3.8, 4) is 5.75 Å². The monoisotopic (exact) mass is 351 g/mol. The van der Waals surface area contributed by atoms with E-state index in [1.807, 2.05) is 48.5 Å². The van der Waals surface area contributed by atoms with E-state index < -0.39 is 0 Å². The van der Waals surface area contributed by atoms with Gasteiger partial charge in [0.25, 0.3) is 0 Å². The number of fused-ring (bicyclic) bond motifs is 1. The van der Waals surface area contributed by atoms with Crippen LogP contribution in [0.4, 0.5) is 4.39 Å². The third-order valence-corrected chi connectivity index (χ3v) is 5.16. The van der Waals surface area contributed by atoms with Gasteiger partial charge in [-0.05, 0) is 36.0 Å². The Morgan fingerprint density at radius 1 is 1.04 bits per heavy atom.